The summed E-state index contributed by atoms with van der Waals surface area (Å²) in [6.07, 6.45) is 0.615. The van der Waals surface area contributed by atoms with Crippen molar-refractivity contribution >= 4 is 11.9 Å². The van der Waals surface area contributed by atoms with Gasteiger partial charge in [-0.05, 0) is 12.8 Å². The monoisotopic (exact) mass is 188 g/mol. The Hall–Kier alpha value is -1.10. The lowest BCUT2D eigenvalue weighted by molar-refractivity contribution is -0.141. The maximum absolute atomic E-state index is 10.3. The van der Waals surface area contributed by atoms with Gasteiger partial charge < -0.3 is 14.9 Å². The van der Waals surface area contributed by atoms with Gasteiger partial charge in [-0.15, -0.1) is 0 Å². The van der Waals surface area contributed by atoms with Gasteiger partial charge in [0.2, 0.25) is 0 Å². The first kappa shape index (κ1) is 9.98. The molecule has 0 radical (unpaired) electrons. The van der Waals surface area contributed by atoms with Crippen molar-refractivity contribution in [2.45, 2.75) is 37.9 Å². The van der Waals surface area contributed by atoms with E-state index < -0.39 is 11.9 Å². The lowest BCUT2D eigenvalue weighted by Crippen LogP contribution is -2.17. The number of hydrogen-bond acceptors (Lipinski definition) is 3. The Labute approximate surface area is 75.3 Å². The van der Waals surface area contributed by atoms with E-state index in [1.54, 1.807) is 0 Å². The Kier molecular flexibility index (Phi) is 3.25. The molecule has 5 nitrogen and oxygen atoms in total. The van der Waals surface area contributed by atoms with Crippen molar-refractivity contribution in [2.24, 2.45) is 0 Å². The zero-order valence-electron chi connectivity index (χ0n) is 7.10. The van der Waals surface area contributed by atoms with Gasteiger partial charge in [0.1, 0.15) is 0 Å². The topological polar surface area (TPSA) is 83.8 Å². The number of hydrogen-bond donors (Lipinski definition) is 2. The van der Waals surface area contributed by atoms with Crippen LogP contribution in [-0.4, -0.2) is 34.4 Å². The molecule has 1 saturated heterocycles. The third-order valence-electron chi connectivity index (χ3n) is 2.00. The van der Waals surface area contributed by atoms with Crippen LogP contribution in [0.1, 0.15) is 25.7 Å². The molecule has 74 valence electrons. The van der Waals surface area contributed by atoms with Crippen molar-refractivity contribution in [3.8, 4) is 0 Å². The molecular weight excluding hydrogens is 176 g/mol. The molecule has 0 aromatic carbocycles. The van der Waals surface area contributed by atoms with Gasteiger partial charge in [0, 0.05) is 0 Å². The third kappa shape index (κ3) is 3.42. The molecule has 13 heavy (non-hydrogen) atoms. The fourth-order valence-electron chi connectivity index (χ4n) is 1.47. The Balaban J connectivity index is 2.27. The molecule has 2 N–H and O–H groups in total. The number of carbonyl (C=O) groups is 2. The fourth-order valence-corrected chi connectivity index (χ4v) is 1.47. The Bertz CT molecular complexity index is 191. The SMILES string of the molecule is O=C(O)CC1CCC(CC(=O)O)O1. The zero-order valence-corrected chi connectivity index (χ0v) is 7.10. The second kappa shape index (κ2) is 4.23. The van der Waals surface area contributed by atoms with Crippen LogP contribution in [0.2, 0.25) is 0 Å². The molecule has 2 unspecified atom stereocenters. The summed E-state index contributed by atoms with van der Waals surface area (Å²) in [4.78, 5) is 20.6. The van der Waals surface area contributed by atoms with Crippen LogP contribution in [0.25, 0.3) is 0 Å². The van der Waals surface area contributed by atoms with E-state index in [1.807, 2.05) is 0 Å². The van der Waals surface area contributed by atoms with Crippen molar-refractivity contribution in [1.29, 1.82) is 0 Å². The van der Waals surface area contributed by atoms with E-state index in [0.29, 0.717) is 12.8 Å². The van der Waals surface area contributed by atoms with E-state index in [-0.39, 0.29) is 25.0 Å². The number of rotatable bonds is 4. The lowest BCUT2D eigenvalue weighted by Gasteiger charge is -2.09. The van der Waals surface area contributed by atoms with Crippen molar-refractivity contribution in [2.75, 3.05) is 0 Å². The minimum atomic E-state index is -0.902. The van der Waals surface area contributed by atoms with E-state index in [2.05, 4.69) is 0 Å². The first-order valence-electron chi connectivity index (χ1n) is 4.17. The molecule has 0 aliphatic carbocycles. The molecule has 1 rings (SSSR count). The first-order valence-corrected chi connectivity index (χ1v) is 4.17. The molecule has 0 amide bonds. The standard InChI is InChI=1S/C8H12O5/c9-7(10)3-5-1-2-6(13-5)4-8(11)12/h5-6H,1-4H2,(H,9,10)(H,11,12). The van der Waals surface area contributed by atoms with Crippen LogP contribution in [0.5, 0.6) is 0 Å². The maximum atomic E-state index is 10.3. The summed E-state index contributed by atoms with van der Waals surface area (Å²) < 4.78 is 5.22. The van der Waals surface area contributed by atoms with Crippen molar-refractivity contribution in [3.63, 3.8) is 0 Å². The second-order valence-corrected chi connectivity index (χ2v) is 3.15. The van der Waals surface area contributed by atoms with Gasteiger partial charge in [0.25, 0.3) is 0 Å². The summed E-state index contributed by atoms with van der Waals surface area (Å²) in [6, 6.07) is 0. The second-order valence-electron chi connectivity index (χ2n) is 3.15. The molecule has 5 heteroatoms. The van der Waals surface area contributed by atoms with Gasteiger partial charge in [0.15, 0.2) is 0 Å². The van der Waals surface area contributed by atoms with Crippen LogP contribution < -0.4 is 0 Å². The Morgan fingerprint density at radius 2 is 1.46 bits per heavy atom. The normalized spacial score (nSPS) is 27.4. The molecule has 1 aliphatic heterocycles. The highest BCUT2D eigenvalue weighted by molar-refractivity contribution is 5.68. The fraction of sp³-hybridized carbons (Fsp3) is 0.750. The molecule has 1 fully saturated rings. The van der Waals surface area contributed by atoms with E-state index in [4.69, 9.17) is 14.9 Å². The molecule has 0 spiro atoms. The van der Waals surface area contributed by atoms with Crippen molar-refractivity contribution < 1.29 is 24.5 Å². The minimum Gasteiger partial charge on any atom is -0.481 e. The molecule has 0 bridgehead atoms. The summed E-state index contributed by atoms with van der Waals surface area (Å²) in [5, 5.41) is 16.9. The highest BCUT2D eigenvalue weighted by Crippen LogP contribution is 2.23. The number of carboxylic acid groups (broad SMARTS) is 2. The van der Waals surface area contributed by atoms with Crippen LogP contribution in [0.4, 0.5) is 0 Å². The smallest absolute Gasteiger partial charge is 0.305 e. The molecule has 0 aromatic rings. The van der Waals surface area contributed by atoms with Crippen LogP contribution >= 0.6 is 0 Å². The van der Waals surface area contributed by atoms with Crippen molar-refractivity contribution in [1.82, 2.24) is 0 Å². The van der Waals surface area contributed by atoms with E-state index in [9.17, 15) is 9.59 Å². The largest absolute Gasteiger partial charge is 0.481 e. The minimum absolute atomic E-state index is 0.0316. The van der Waals surface area contributed by atoms with Gasteiger partial charge in [0.05, 0.1) is 25.0 Å². The lowest BCUT2D eigenvalue weighted by atomic mass is 10.1. The van der Waals surface area contributed by atoms with Crippen LogP contribution in [0, 0.1) is 0 Å². The average molecular weight is 188 g/mol. The number of aliphatic carboxylic acids is 2. The van der Waals surface area contributed by atoms with Crippen molar-refractivity contribution in [3.05, 3.63) is 0 Å². The molecular formula is C8H12O5. The van der Waals surface area contributed by atoms with Gasteiger partial charge in [-0.2, -0.15) is 0 Å². The maximum Gasteiger partial charge on any atom is 0.305 e. The zero-order chi connectivity index (χ0) is 9.84. The highest BCUT2D eigenvalue weighted by atomic mass is 16.5. The van der Waals surface area contributed by atoms with Gasteiger partial charge >= 0.3 is 11.9 Å². The molecule has 1 heterocycles. The van der Waals surface area contributed by atoms with Crippen LogP contribution in [-0.2, 0) is 14.3 Å². The Morgan fingerprint density at radius 3 is 1.77 bits per heavy atom. The summed E-state index contributed by atoms with van der Waals surface area (Å²) in [5.41, 5.74) is 0. The summed E-state index contributed by atoms with van der Waals surface area (Å²) >= 11 is 0. The van der Waals surface area contributed by atoms with E-state index in [1.165, 1.54) is 0 Å². The molecule has 2 atom stereocenters. The molecule has 1 aliphatic rings. The third-order valence-corrected chi connectivity index (χ3v) is 2.00. The van der Waals surface area contributed by atoms with Crippen LogP contribution in [0.15, 0.2) is 0 Å². The summed E-state index contributed by atoms with van der Waals surface area (Å²) in [6.45, 7) is 0. The molecule has 0 saturated carbocycles. The summed E-state index contributed by atoms with van der Waals surface area (Å²) in [5.74, 6) is -1.80. The van der Waals surface area contributed by atoms with E-state index >= 15 is 0 Å². The molecule has 0 aromatic heterocycles. The first-order chi connectivity index (χ1) is 6.08. The predicted octanol–water partition coefficient (Wildman–Crippen LogP) is 0.483. The van der Waals surface area contributed by atoms with Gasteiger partial charge in [-0.3, -0.25) is 9.59 Å². The number of carboxylic acids is 2. The van der Waals surface area contributed by atoms with Gasteiger partial charge in [-0.25, -0.2) is 0 Å². The highest BCUT2D eigenvalue weighted by Gasteiger charge is 2.28. The summed E-state index contributed by atoms with van der Waals surface area (Å²) in [7, 11) is 0. The predicted molar refractivity (Wildman–Crippen MR) is 42.4 cm³/mol. The quantitative estimate of drug-likeness (QED) is 0.670. The Morgan fingerprint density at radius 1 is 1.08 bits per heavy atom. The van der Waals surface area contributed by atoms with Crippen LogP contribution in [0.3, 0.4) is 0 Å². The van der Waals surface area contributed by atoms with E-state index in [0.717, 1.165) is 0 Å². The van der Waals surface area contributed by atoms with Gasteiger partial charge in [-0.1, -0.05) is 0 Å². The number of ether oxygens (including phenoxy) is 1. The average Bonchev–Trinajstić information content (AvgIpc) is 2.33.